The summed E-state index contributed by atoms with van der Waals surface area (Å²) in [5.41, 5.74) is 2.15. The van der Waals surface area contributed by atoms with Crippen LogP contribution in [0.3, 0.4) is 0 Å². The molecule has 9 rings (SSSR count). The molecule has 0 spiro atoms. The van der Waals surface area contributed by atoms with Gasteiger partial charge >= 0.3 is 0 Å². The fourth-order valence-corrected chi connectivity index (χ4v) is 8.96. The van der Waals surface area contributed by atoms with Crippen molar-refractivity contribution in [2.24, 2.45) is 5.92 Å². The molecule has 0 radical (unpaired) electrons. The molecule has 7 saturated heterocycles. The molecule has 14 heteroatoms. The van der Waals surface area contributed by atoms with Gasteiger partial charge in [-0.2, -0.15) is 0 Å². The Morgan fingerprint density at radius 3 is 1.23 bits per heavy atom. The molecule has 1 atom stereocenters. The number of likely N-dealkylation sites (N-methyl/N-ethyl adjacent to an activating group) is 6. The van der Waals surface area contributed by atoms with E-state index in [-0.39, 0.29) is 11.8 Å². The summed E-state index contributed by atoms with van der Waals surface area (Å²) in [7, 11) is 17.2. The van der Waals surface area contributed by atoms with Crippen molar-refractivity contribution in [1.82, 2.24) is 49.0 Å². The van der Waals surface area contributed by atoms with Crippen LogP contribution in [-0.4, -0.2) is 274 Å². The van der Waals surface area contributed by atoms with Gasteiger partial charge in [0.05, 0.1) is 13.2 Å². The van der Waals surface area contributed by atoms with Crippen LogP contribution in [0.4, 0.5) is 5.69 Å². The van der Waals surface area contributed by atoms with Crippen molar-refractivity contribution < 1.29 is 14.3 Å². The molecular formula is C56H103N11O3. The van der Waals surface area contributed by atoms with Crippen LogP contribution >= 0.6 is 0 Å². The summed E-state index contributed by atoms with van der Waals surface area (Å²) in [6.07, 6.45) is 8.44. The third-order valence-corrected chi connectivity index (χ3v) is 14.4. The molecule has 70 heavy (non-hydrogen) atoms. The number of para-hydroxylation sites is 1. The van der Waals surface area contributed by atoms with Gasteiger partial charge in [-0.1, -0.05) is 63.6 Å². The highest BCUT2D eigenvalue weighted by molar-refractivity contribution is 5.94. The van der Waals surface area contributed by atoms with E-state index in [0.29, 0.717) is 5.91 Å². The molecule has 0 saturated carbocycles. The van der Waals surface area contributed by atoms with Crippen molar-refractivity contribution >= 4 is 17.5 Å². The maximum Gasteiger partial charge on any atom is 0.253 e. The molecule has 400 valence electrons. The highest BCUT2D eigenvalue weighted by Crippen LogP contribution is 2.17. The average Bonchev–Trinajstić information content (AvgIpc) is 3.88. The predicted molar refractivity (Wildman–Crippen MR) is 296 cm³/mol. The van der Waals surface area contributed by atoms with E-state index >= 15 is 0 Å². The molecule has 0 bridgehead atoms. The first-order chi connectivity index (χ1) is 33.7. The largest absolute Gasteiger partial charge is 0.379 e. The van der Waals surface area contributed by atoms with Gasteiger partial charge in [-0.25, -0.2) is 0 Å². The van der Waals surface area contributed by atoms with E-state index in [9.17, 15) is 9.59 Å². The summed E-state index contributed by atoms with van der Waals surface area (Å²) in [6, 6.07) is 21.0. The summed E-state index contributed by atoms with van der Waals surface area (Å²) >= 11 is 0. The van der Waals surface area contributed by atoms with Crippen LogP contribution in [0.5, 0.6) is 0 Å². The highest BCUT2D eigenvalue weighted by atomic mass is 16.5. The van der Waals surface area contributed by atoms with Gasteiger partial charge in [0.15, 0.2) is 0 Å². The van der Waals surface area contributed by atoms with Crippen LogP contribution in [0.1, 0.15) is 69.7 Å². The van der Waals surface area contributed by atoms with Crippen molar-refractivity contribution in [1.29, 1.82) is 0 Å². The topological polar surface area (TPSA) is 79.0 Å². The molecule has 1 unspecified atom stereocenters. The molecule has 2 aromatic rings. The Hall–Kier alpha value is -3.18. The van der Waals surface area contributed by atoms with Crippen molar-refractivity contribution in [3.05, 3.63) is 66.2 Å². The zero-order chi connectivity index (χ0) is 51.1. The Morgan fingerprint density at radius 2 is 0.857 bits per heavy atom. The Bertz CT molecular complexity index is 1570. The number of benzene rings is 2. The number of nitrogens with zero attached hydrogens (tertiary/aromatic N) is 11. The van der Waals surface area contributed by atoms with E-state index in [1.54, 1.807) is 0 Å². The van der Waals surface area contributed by atoms with E-state index in [4.69, 9.17) is 4.74 Å². The Kier molecular flexibility index (Phi) is 31.3. The zero-order valence-corrected chi connectivity index (χ0v) is 46.6. The fourth-order valence-electron chi connectivity index (χ4n) is 8.96. The number of amides is 2. The Balaban J connectivity index is 0.000000220. The summed E-state index contributed by atoms with van der Waals surface area (Å²) in [6.45, 7) is 31.2. The van der Waals surface area contributed by atoms with Crippen molar-refractivity contribution in [3.63, 3.8) is 0 Å². The number of ether oxygens (including phenoxy) is 1. The second-order valence-electron chi connectivity index (χ2n) is 20.9. The number of anilines is 1. The van der Waals surface area contributed by atoms with E-state index in [2.05, 4.69) is 138 Å². The summed E-state index contributed by atoms with van der Waals surface area (Å²) in [4.78, 5) is 48.6. The average molecular weight is 979 g/mol. The second-order valence-corrected chi connectivity index (χ2v) is 20.9. The molecule has 0 aliphatic carbocycles. The lowest BCUT2D eigenvalue weighted by molar-refractivity contribution is -0.136. The molecule has 7 fully saturated rings. The Labute approximate surface area is 428 Å². The number of hydrogen-bond acceptors (Lipinski definition) is 12. The minimum atomic E-state index is 0.147. The summed E-state index contributed by atoms with van der Waals surface area (Å²) in [5.74, 6) is 0.597. The van der Waals surface area contributed by atoms with Gasteiger partial charge in [0.25, 0.3) is 5.91 Å². The van der Waals surface area contributed by atoms with Crippen LogP contribution < -0.4 is 4.90 Å². The molecule has 14 nitrogen and oxygen atoms in total. The number of likely N-dealkylation sites (tertiary alicyclic amines) is 2. The highest BCUT2D eigenvalue weighted by Gasteiger charge is 2.22. The van der Waals surface area contributed by atoms with Crippen molar-refractivity contribution in [2.75, 3.05) is 212 Å². The summed E-state index contributed by atoms with van der Waals surface area (Å²) < 4.78 is 5.10. The van der Waals surface area contributed by atoms with Crippen molar-refractivity contribution in [2.45, 2.75) is 65.3 Å². The molecule has 7 aliphatic rings. The number of piperazine rings is 4. The SMILES string of the molecule is CC(C)C(=O)N1CCN(C)CC1.CCC1CCCCN1C.CN1CCCC1.CN1CCN(C(=O)c2ccccc2)CC1.CN1CCN(C)CC1.CN1CCN(c2ccccc2)CC1.CN1CCOCC1. The van der Waals surface area contributed by atoms with Gasteiger partial charge < -0.3 is 58.6 Å². The van der Waals surface area contributed by atoms with Gasteiger partial charge in [0.2, 0.25) is 5.91 Å². The van der Waals surface area contributed by atoms with E-state index in [0.717, 1.165) is 103 Å². The maximum atomic E-state index is 12.0. The van der Waals surface area contributed by atoms with E-state index in [1.807, 2.05) is 54.0 Å². The maximum absolute atomic E-state index is 12.0. The number of piperidine rings is 1. The second kappa shape index (κ2) is 35.9. The lowest BCUT2D eigenvalue weighted by atomic mass is 10.0. The monoisotopic (exact) mass is 978 g/mol. The number of morpholine rings is 1. The zero-order valence-electron chi connectivity index (χ0n) is 46.6. The number of carbonyl (C=O) groups excluding carboxylic acids is 2. The van der Waals surface area contributed by atoms with Crippen molar-refractivity contribution in [3.8, 4) is 0 Å². The van der Waals surface area contributed by atoms with Gasteiger partial charge in [-0.15, -0.1) is 0 Å². The quantitative estimate of drug-likeness (QED) is 0.398. The van der Waals surface area contributed by atoms with Crippen LogP contribution in [0.2, 0.25) is 0 Å². The molecule has 2 aromatic carbocycles. The van der Waals surface area contributed by atoms with Crippen LogP contribution in [0.15, 0.2) is 60.7 Å². The van der Waals surface area contributed by atoms with Crippen LogP contribution in [0, 0.1) is 5.92 Å². The molecule has 2 amide bonds. The first-order valence-corrected chi connectivity index (χ1v) is 27.2. The first kappa shape index (κ1) is 61.1. The fraction of sp³-hybridized carbons (Fsp3) is 0.750. The van der Waals surface area contributed by atoms with Gasteiger partial charge in [-0.05, 0) is 132 Å². The summed E-state index contributed by atoms with van der Waals surface area (Å²) in [5, 5.41) is 0. The Morgan fingerprint density at radius 1 is 0.471 bits per heavy atom. The number of carbonyl (C=O) groups is 2. The van der Waals surface area contributed by atoms with Gasteiger partial charge in [0.1, 0.15) is 0 Å². The molecule has 0 N–H and O–H groups in total. The smallest absolute Gasteiger partial charge is 0.253 e. The normalized spacial score (nSPS) is 22.5. The van der Waals surface area contributed by atoms with Gasteiger partial charge in [-0.3, -0.25) is 9.59 Å². The molecular weight excluding hydrogens is 875 g/mol. The lowest BCUT2D eigenvalue weighted by Crippen LogP contribution is -2.48. The van der Waals surface area contributed by atoms with Crippen LogP contribution in [0.25, 0.3) is 0 Å². The van der Waals surface area contributed by atoms with Gasteiger partial charge in [0, 0.05) is 141 Å². The minimum absolute atomic E-state index is 0.147. The number of hydrogen-bond donors (Lipinski definition) is 0. The number of rotatable bonds is 4. The van der Waals surface area contributed by atoms with E-state index < -0.39 is 0 Å². The third-order valence-electron chi connectivity index (χ3n) is 14.4. The standard InChI is InChI=1S/C12H16N2O.C11H16N2.C9H18N2O.C8H17N.C6H14N2.C5H11NO.C5H11N/c1-13-7-9-14(10-8-13)12(15)11-5-3-2-4-6-11;1-12-7-9-13(10-8-12)11-5-3-2-4-6-11;1-8(2)9(12)11-6-4-10(3)5-7-11;1-3-8-6-4-5-7-9(8)2;1-7-3-5-8(2)6-4-7;1-6-2-4-7-5-3-6;1-6-4-2-3-5-6/h2-6H,7-10H2,1H3;2-6H,7-10H2,1H3;8H,4-7H2,1-3H3;8H,3-7H2,1-2H3;3-6H2,1-2H3;2-5H2,1H3;2-5H2,1H3. The lowest BCUT2D eigenvalue weighted by Gasteiger charge is -2.33. The van der Waals surface area contributed by atoms with E-state index in [1.165, 1.54) is 103 Å². The van der Waals surface area contributed by atoms with Crippen LogP contribution in [-0.2, 0) is 9.53 Å². The molecule has 0 aromatic heterocycles. The third kappa shape index (κ3) is 26.0. The minimum Gasteiger partial charge on any atom is -0.379 e. The molecule has 7 heterocycles. The predicted octanol–water partition coefficient (Wildman–Crippen LogP) is 5.33. The molecule has 7 aliphatic heterocycles. The first-order valence-electron chi connectivity index (χ1n) is 27.2.